The SMILES string of the molecule is CN(C(=O)c1ccc(NC(=O)CN2CCOCC2)cc1)c1ccc(Cl)cc1C(=O)Nc1ccc(Cl)cn1. The van der Waals surface area contributed by atoms with Gasteiger partial charge in [0.2, 0.25) is 5.91 Å². The Bertz CT molecular complexity index is 1280. The second-order valence-electron chi connectivity index (χ2n) is 8.36. The Morgan fingerprint density at radius 2 is 1.68 bits per heavy atom. The van der Waals surface area contributed by atoms with Crippen LogP contribution in [0, 0.1) is 0 Å². The number of morpholine rings is 1. The van der Waals surface area contributed by atoms with Crippen LogP contribution in [0.15, 0.2) is 60.8 Å². The largest absolute Gasteiger partial charge is 0.379 e. The molecule has 0 aliphatic carbocycles. The Labute approximate surface area is 224 Å². The van der Waals surface area contributed by atoms with Gasteiger partial charge in [-0.3, -0.25) is 19.3 Å². The van der Waals surface area contributed by atoms with Crippen molar-refractivity contribution in [2.24, 2.45) is 0 Å². The second kappa shape index (κ2) is 12.2. The quantitative estimate of drug-likeness (QED) is 0.464. The molecule has 1 saturated heterocycles. The third-order valence-corrected chi connectivity index (χ3v) is 6.18. The van der Waals surface area contributed by atoms with Crippen LogP contribution < -0.4 is 15.5 Å². The van der Waals surface area contributed by atoms with Crippen molar-refractivity contribution in [1.82, 2.24) is 9.88 Å². The lowest BCUT2D eigenvalue weighted by atomic mass is 10.1. The van der Waals surface area contributed by atoms with Gasteiger partial charge in [-0.25, -0.2) is 4.98 Å². The first-order valence-corrected chi connectivity index (χ1v) is 12.3. The molecule has 1 aliphatic rings. The van der Waals surface area contributed by atoms with E-state index < -0.39 is 5.91 Å². The van der Waals surface area contributed by atoms with Crippen LogP contribution in [0.3, 0.4) is 0 Å². The van der Waals surface area contributed by atoms with Crippen LogP contribution in [-0.4, -0.2) is 67.5 Å². The molecule has 0 spiro atoms. The number of hydrogen-bond acceptors (Lipinski definition) is 6. The second-order valence-corrected chi connectivity index (χ2v) is 9.23. The van der Waals surface area contributed by atoms with Gasteiger partial charge in [-0.2, -0.15) is 0 Å². The van der Waals surface area contributed by atoms with Crippen molar-refractivity contribution < 1.29 is 19.1 Å². The zero-order valence-electron chi connectivity index (χ0n) is 20.0. The predicted octanol–water partition coefficient (Wildman–Crippen LogP) is 4.19. The zero-order valence-corrected chi connectivity index (χ0v) is 21.6. The predicted molar refractivity (Wildman–Crippen MR) is 144 cm³/mol. The maximum Gasteiger partial charge on any atom is 0.258 e. The molecule has 37 heavy (non-hydrogen) atoms. The number of pyridine rings is 1. The number of rotatable bonds is 7. The van der Waals surface area contributed by atoms with E-state index in [0.29, 0.717) is 59.1 Å². The van der Waals surface area contributed by atoms with E-state index in [1.807, 2.05) is 4.90 Å². The van der Waals surface area contributed by atoms with E-state index in [0.717, 1.165) is 0 Å². The van der Waals surface area contributed by atoms with Crippen molar-refractivity contribution in [3.05, 3.63) is 82.0 Å². The standard InChI is InChI=1S/C26H25Cl2N5O4/c1-32(22-8-4-18(27)14-21(22)25(35)31-23-9-5-19(28)15-29-23)26(36)17-2-6-20(7-3-17)30-24(34)16-33-10-12-37-13-11-33/h2-9,14-15H,10-13,16H2,1H3,(H,30,34)(H,29,31,35). The smallest absolute Gasteiger partial charge is 0.258 e. The minimum Gasteiger partial charge on any atom is -0.379 e. The highest BCUT2D eigenvalue weighted by molar-refractivity contribution is 6.31. The van der Waals surface area contributed by atoms with Crippen LogP contribution in [0.25, 0.3) is 0 Å². The Morgan fingerprint density at radius 3 is 2.35 bits per heavy atom. The molecule has 3 amide bonds. The molecule has 3 aromatic rings. The first kappa shape index (κ1) is 26.6. The molecule has 11 heteroatoms. The van der Waals surface area contributed by atoms with Gasteiger partial charge in [0.1, 0.15) is 5.82 Å². The van der Waals surface area contributed by atoms with Gasteiger partial charge in [0.25, 0.3) is 11.8 Å². The fourth-order valence-electron chi connectivity index (χ4n) is 3.78. The summed E-state index contributed by atoms with van der Waals surface area (Å²) in [4.78, 5) is 46.0. The van der Waals surface area contributed by atoms with Gasteiger partial charge in [0, 0.05) is 42.6 Å². The van der Waals surface area contributed by atoms with E-state index >= 15 is 0 Å². The average molecular weight is 542 g/mol. The maximum absolute atomic E-state index is 13.2. The first-order chi connectivity index (χ1) is 17.8. The van der Waals surface area contributed by atoms with Crippen molar-refractivity contribution >= 4 is 58.1 Å². The summed E-state index contributed by atoms with van der Waals surface area (Å²) in [6, 6.07) is 14.4. The maximum atomic E-state index is 13.2. The highest BCUT2D eigenvalue weighted by Crippen LogP contribution is 2.26. The van der Waals surface area contributed by atoms with E-state index in [1.54, 1.807) is 55.6 Å². The topological polar surface area (TPSA) is 104 Å². The van der Waals surface area contributed by atoms with Gasteiger partial charge in [-0.15, -0.1) is 0 Å². The van der Waals surface area contributed by atoms with Crippen LogP contribution in [-0.2, 0) is 9.53 Å². The molecule has 192 valence electrons. The molecular weight excluding hydrogens is 517 g/mol. The molecule has 1 aliphatic heterocycles. The highest BCUT2D eigenvalue weighted by Gasteiger charge is 2.21. The summed E-state index contributed by atoms with van der Waals surface area (Å²) in [7, 11) is 1.57. The van der Waals surface area contributed by atoms with E-state index in [2.05, 4.69) is 15.6 Å². The molecule has 2 aromatic carbocycles. The first-order valence-electron chi connectivity index (χ1n) is 11.5. The van der Waals surface area contributed by atoms with Crippen LogP contribution in [0.4, 0.5) is 17.2 Å². The normalized spacial score (nSPS) is 13.6. The van der Waals surface area contributed by atoms with E-state index in [9.17, 15) is 14.4 Å². The number of benzene rings is 2. The van der Waals surface area contributed by atoms with Gasteiger partial charge in [0.15, 0.2) is 0 Å². The number of nitrogens with zero attached hydrogens (tertiary/aromatic N) is 3. The van der Waals surface area contributed by atoms with Crippen molar-refractivity contribution in [3.63, 3.8) is 0 Å². The molecular formula is C26H25Cl2N5O4. The minimum atomic E-state index is -0.481. The van der Waals surface area contributed by atoms with Crippen molar-refractivity contribution in [3.8, 4) is 0 Å². The Hall–Kier alpha value is -3.50. The molecule has 1 aromatic heterocycles. The molecule has 0 bridgehead atoms. The third-order valence-electron chi connectivity index (χ3n) is 5.72. The molecule has 0 atom stereocenters. The number of aromatic nitrogens is 1. The van der Waals surface area contributed by atoms with Crippen LogP contribution in [0.2, 0.25) is 10.0 Å². The Morgan fingerprint density at radius 1 is 0.973 bits per heavy atom. The van der Waals surface area contributed by atoms with Gasteiger partial charge < -0.3 is 20.3 Å². The van der Waals surface area contributed by atoms with Crippen molar-refractivity contribution in [2.75, 3.05) is 55.4 Å². The van der Waals surface area contributed by atoms with Crippen molar-refractivity contribution in [2.45, 2.75) is 0 Å². The number of carbonyl (C=O) groups is 3. The Kier molecular flexibility index (Phi) is 8.73. The number of nitrogens with one attached hydrogen (secondary N) is 2. The fourth-order valence-corrected chi connectivity index (χ4v) is 4.06. The molecule has 0 unspecified atom stereocenters. The molecule has 4 rings (SSSR count). The number of amides is 3. The van der Waals surface area contributed by atoms with E-state index in [-0.39, 0.29) is 23.9 Å². The van der Waals surface area contributed by atoms with E-state index in [4.69, 9.17) is 27.9 Å². The Balaban J connectivity index is 1.44. The van der Waals surface area contributed by atoms with Gasteiger partial charge in [-0.1, -0.05) is 23.2 Å². The lowest BCUT2D eigenvalue weighted by Crippen LogP contribution is -2.41. The molecule has 9 nitrogen and oxygen atoms in total. The molecule has 2 heterocycles. The fraction of sp³-hybridized carbons (Fsp3) is 0.231. The number of halogens is 2. The van der Waals surface area contributed by atoms with Crippen molar-refractivity contribution in [1.29, 1.82) is 0 Å². The molecule has 2 N–H and O–H groups in total. The summed E-state index contributed by atoms with van der Waals surface area (Å²) in [5, 5.41) is 6.31. The van der Waals surface area contributed by atoms with Crippen LogP contribution in [0.5, 0.6) is 0 Å². The summed E-state index contributed by atoms with van der Waals surface area (Å²) in [5.41, 5.74) is 1.53. The lowest BCUT2D eigenvalue weighted by Gasteiger charge is -2.25. The van der Waals surface area contributed by atoms with E-state index in [1.165, 1.54) is 17.2 Å². The summed E-state index contributed by atoms with van der Waals surface area (Å²) in [6.07, 6.45) is 1.42. The summed E-state index contributed by atoms with van der Waals surface area (Å²) in [5.74, 6) is -0.650. The van der Waals surface area contributed by atoms with Gasteiger partial charge in [0.05, 0.1) is 36.0 Å². The summed E-state index contributed by atoms with van der Waals surface area (Å²) < 4.78 is 5.30. The molecule has 0 radical (unpaired) electrons. The van der Waals surface area contributed by atoms with Gasteiger partial charge in [-0.05, 0) is 54.6 Å². The van der Waals surface area contributed by atoms with Crippen LogP contribution >= 0.6 is 23.2 Å². The molecule has 1 fully saturated rings. The lowest BCUT2D eigenvalue weighted by molar-refractivity contribution is -0.118. The third kappa shape index (κ3) is 7.05. The summed E-state index contributed by atoms with van der Waals surface area (Å²) >= 11 is 12.0. The number of hydrogen-bond donors (Lipinski definition) is 2. The monoisotopic (exact) mass is 541 g/mol. The van der Waals surface area contributed by atoms with Crippen LogP contribution in [0.1, 0.15) is 20.7 Å². The average Bonchev–Trinajstić information content (AvgIpc) is 2.90. The highest BCUT2D eigenvalue weighted by atomic mass is 35.5. The number of anilines is 3. The minimum absolute atomic E-state index is 0.134. The zero-order chi connectivity index (χ0) is 26.4. The molecule has 0 saturated carbocycles. The summed E-state index contributed by atoms with van der Waals surface area (Å²) in [6.45, 7) is 2.95. The number of carbonyl (C=O) groups excluding carboxylic acids is 3. The van der Waals surface area contributed by atoms with Gasteiger partial charge >= 0.3 is 0 Å². The number of ether oxygens (including phenoxy) is 1.